The number of nitrogen functional groups attached to an aromatic ring is 1. The van der Waals surface area contributed by atoms with E-state index in [2.05, 4.69) is 29.4 Å². The fourth-order valence-corrected chi connectivity index (χ4v) is 6.79. The van der Waals surface area contributed by atoms with Crippen LogP contribution in [0.15, 0.2) is 91.0 Å². The molecule has 1 heterocycles. The number of imidazole rings is 1. The Kier molecular flexibility index (Phi) is 14.6. The number of amidine groups is 1. The van der Waals surface area contributed by atoms with Crippen LogP contribution in [0.4, 0.5) is 0 Å². The van der Waals surface area contributed by atoms with Gasteiger partial charge in [0.15, 0.2) is 0 Å². The summed E-state index contributed by atoms with van der Waals surface area (Å²) in [7, 11) is 1.66. The maximum absolute atomic E-state index is 14.4. The van der Waals surface area contributed by atoms with Crippen LogP contribution in [-0.4, -0.2) is 57.8 Å². The van der Waals surface area contributed by atoms with E-state index in [0.717, 1.165) is 90.3 Å². The van der Waals surface area contributed by atoms with Gasteiger partial charge in [0.05, 0.1) is 18.1 Å². The lowest BCUT2D eigenvalue weighted by Crippen LogP contribution is -2.30. The lowest BCUT2D eigenvalue weighted by atomic mass is 10.1. The molecule has 0 radical (unpaired) electrons. The van der Waals surface area contributed by atoms with Crippen LogP contribution in [0.3, 0.4) is 0 Å². The van der Waals surface area contributed by atoms with Crippen LogP contribution in [0.5, 0.6) is 5.75 Å². The lowest BCUT2D eigenvalue weighted by molar-refractivity contribution is 0.0730. The number of unbranched alkanes of at least 4 members (excludes halogenated alkanes) is 2. The van der Waals surface area contributed by atoms with Crippen LogP contribution in [0.1, 0.15) is 90.0 Å². The quantitative estimate of drug-likeness (QED) is 0.0528. The van der Waals surface area contributed by atoms with Gasteiger partial charge in [-0.2, -0.15) is 0 Å². The third-order valence-electron chi connectivity index (χ3n) is 9.92. The number of methoxy groups -OCH3 is 1. The zero-order chi connectivity index (χ0) is 37.6. The standard InChI is InChI=1S/C44H57N7O2/c1-4-6-24-49(25-7-5-2)26-9-27-51-41-22-21-38(29-40(41)48-42(51)23-18-33-16-19-37(20-17-33)43(46)47)44(52)50(31-35-14-12-34(30-45)13-15-35)32-36-10-8-11-39(28-36)53-3/h8,10-17,19-22,28-29H,4-7,9,18,23-27,30-32,45H2,1-3H3,(H3,46,47). The van der Waals surface area contributed by atoms with Crippen molar-refractivity contribution in [1.29, 1.82) is 5.41 Å². The number of amides is 1. The van der Waals surface area contributed by atoms with Gasteiger partial charge in [0, 0.05) is 43.7 Å². The number of ether oxygens (including phenoxy) is 1. The molecule has 9 heteroatoms. The number of nitrogens with zero attached hydrogens (tertiary/aromatic N) is 4. The number of benzene rings is 4. The molecular formula is C44H57N7O2. The normalized spacial score (nSPS) is 11.3. The summed E-state index contributed by atoms with van der Waals surface area (Å²) in [5.41, 5.74) is 19.0. The predicted octanol–water partition coefficient (Wildman–Crippen LogP) is 7.71. The number of hydrogen-bond acceptors (Lipinski definition) is 6. The van der Waals surface area contributed by atoms with Gasteiger partial charge in [0.2, 0.25) is 0 Å². The van der Waals surface area contributed by atoms with E-state index in [4.69, 9.17) is 26.6 Å². The molecule has 5 N–H and O–H groups in total. The minimum Gasteiger partial charge on any atom is -0.497 e. The molecule has 9 nitrogen and oxygen atoms in total. The minimum absolute atomic E-state index is 0.0539. The molecule has 0 aliphatic heterocycles. The van der Waals surface area contributed by atoms with Gasteiger partial charge in [-0.1, -0.05) is 87.4 Å². The second-order valence-corrected chi connectivity index (χ2v) is 13.9. The Morgan fingerprint density at radius 2 is 1.42 bits per heavy atom. The highest BCUT2D eigenvalue weighted by molar-refractivity contribution is 5.97. The molecular weight excluding hydrogens is 659 g/mol. The number of fused-ring (bicyclic) bond motifs is 1. The van der Waals surface area contributed by atoms with Gasteiger partial charge >= 0.3 is 0 Å². The number of hydrogen-bond donors (Lipinski definition) is 3. The number of rotatable bonds is 21. The zero-order valence-corrected chi connectivity index (χ0v) is 31.8. The first-order chi connectivity index (χ1) is 25.8. The molecule has 4 aromatic carbocycles. The molecule has 0 unspecified atom stereocenters. The molecule has 0 aliphatic rings. The molecule has 5 aromatic rings. The largest absolute Gasteiger partial charge is 0.497 e. The van der Waals surface area contributed by atoms with Crippen molar-refractivity contribution in [3.8, 4) is 5.75 Å². The van der Waals surface area contributed by atoms with Crippen molar-refractivity contribution in [2.75, 3.05) is 26.7 Å². The number of carbonyl (C=O) groups is 1. The Labute approximate surface area is 315 Å². The highest BCUT2D eigenvalue weighted by atomic mass is 16.5. The average molecular weight is 716 g/mol. The summed E-state index contributed by atoms with van der Waals surface area (Å²) in [4.78, 5) is 24.1. The summed E-state index contributed by atoms with van der Waals surface area (Å²) in [5.74, 6) is 1.79. The number of nitrogens with one attached hydrogen (secondary N) is 1. The highest BCUT2D eigenvalue weighted by Crippen LogP contribution is 2.24. The maximum atomic E-state index is 14.4. The smallest absolute Gasteiger partial charge is 0.254 e. The molecule has 280 valence electrons. The van der Waals surface area contributed by atoms with E-state index in [9.17, 15) is 4.79 Å². The maximum Gasteiger partial charge on any atom is 0.254 e. The number of nitrogens with two attached hydrogens (primary N) is 2. The van der Waals surface area contributed by atoms with Gasteiger partial charge in [-0.15, -0.1) is 0 Å². The Hall–Kier alpha value is -4.99. The van der Waals surface area contributed by atoms with Crippen LogP contribution in [0.2, 0.25) is 0 Å². The third kappa shape index (κ3) is 11.0. The fraction of sp³-hybridized carbons (Fsp3) is 0.386. The van der Waals surface area contributed by atoms with Crippen LogP contribution < -0.4 is 16.2 Å². The first-order valence-electron chi connectivity index (χ1n) is 19.2. The van der Waals surface area contributed by atoms with Crippen molar-refractivity contribution >= 4 is 22.8 Å². The number of carbonyl (C=O) groups excluding carboxylic acids is 1. The lowest BCUT2D eigenvalue weighted by Gasteiger charge is -2.24. The first-order valence-corrected chi connectivity index (χ1v) is 19.2. The molecule has 0 atom stereocenters. The summed E-state index contributed by atoms with van der Waals surface area (Å²) >= 11 is 0. The molecule has 0 saturated carbocycles. The van der Waals surface area contributed by atoms with Crippen molar-refractivity contribution in [2.24, 2.45) is 11.5 Å². The summed E-state index contributed by atoms with van der Waals surface area (Å²) < 4.78 is 7.84. The van der Waals surface area contributed by atoms with Crippen LogP contribution in [-0.2, 0) is 39.0 Å². The molecule has 0 aliphatic carbocycles. The topological polar surface area (TPSA) is 126 Å². The van der Waals surface area contributed by atoms with Gasteiger partial charge in [0.25, 0.3) is 5.91 Å². The van der Waals surface area contributed by atoms with E-state index in [0.29, 0.717) is 25.2 Å². The Bertz CT molecular complexity index is 1910. The molecule has 0 saturated heterocycles. The van der Waals surface area contributed by atoms with Crippen LogP contribution in [0.25, 0.3) is 11.0 Å². The van der Waals surface area contributed by atoms with Gasteiger partial charge in [-0.3, -0.25) is 10.2 Å². The summed E-state index contributed by atoms with van der Waals surface area (Å²) in [6, 6.07) is 29.9. The zero-order valence-electron chi connectivity index (χ0n) is 31.8. The molecule has 0 spiro atoms. The Morgan fingerprint density at radius 3 is 2.08 bits per heavy atom. The van der Waals surface area contributed by atoms with Gasteiger partial charge < -0.3 is 30.6 Å². The first kappa shape index (κ1) is 39.2. The van der Waals surface area contributed by atoms with Crippen LogP contribution >= 0.6 is 0 Å². The predicted molar refractivity (Wildman–Crippen MR) is 216 cm³/mol. The van der Waals surface area contributed by atoms with Crippen molar-refractivity contribution < 1.29 is 9.53 Å². The summed E-state index contributed by atoms with van der Waals surface area (Å²) in [6.07, 6.45) is 7.43. The van der Waals surface area contributed by atoms with Crippen molar-refractivity contribution in [2.45, 2.75) is 85.0 Å². The van der Waals surface area contributed by atoms with Gasteiger partial charge in [0.1, 0.15) is 17.4 Å². The van der Waals surface area contributed by atoms with E-state index in [1.807, 2.05) is 89.8 Å². The Balaban J connectivity index is 1.43. The fourth-order valence-electron chi connectivity index (χ4n) is 6.79. The van der Waals surface area contributed by atoms with Crippen molar-refractivity contribution in [3.63, 3.8) is 0 Å². The second-order valence-electron chi connectivity index (χ2n) is 13.9. The highest BCUT2D eigenvalue weighted by Gasteiger charge is 2.20. The SMILES string of the molecule is CCCCN(CCCC)CCCn1c(CCc2ccc(C(=N)N)cc2)nc2cc(C(=O)N(Cc3ccc(CN)cc3)Cc3cccc(OC)c3)ccc21. The Morgan fingerprint density at radius 1 is 0.774 bits per heavy atom. The summed E-state index contributed by atoms with van der Waals surface area (Å²) in [6.45, 7) is 10.1. The monoisotopic (exact) mass is 715 g/mol. The van der Waals surface area contributed by atoms with E-state index in [1.54, 1.807) is 7.11 Å². The summed E-state index contributed by atoms with van der Waals surface area (Å²) in [5, 5.41) is 7.74. The molecule has 5 rings (SSSR count). The van der Waals surface area contributed by atoms with E-state index in [-0.39, 0.29) is 11.7 Å². The van der Waals surface area contributed by atoms with Gasteiger partial charge in [-0.05, 0) is 97.9 Å². The van der Waals surface area contributed by atoms with Crippen LogP contribution in [0, 0.1) is 5.41 Å². The third-order valence-corrected chi connectivity index (χ3v) is 9.92. The molecule has 1 aromatic heterocycles. The van der Waals surface area contributed by atoms with E-state index >= 15 is 0 Å². The second kappa shape index (κ2) is 19.7. The van der Waals surface area contributed by atoms with Gasteiger partial charge in [-0.25, -0.2) is 4.98 Å². The number of aryl methyl sites for hydroxylation is 3. The molecule has 0 bridgehead atoms. The number of aromatic nitrogens is 2. The van der Waals surface area contributed by atoms with E-state index < -0.39 is 0 Å². The molecule has 0 fully saturated rings. The van der Waals surface area contributed by atoms with E-state index in [1.165, 1.54) is 31.2 Å². The molecule has 53 heavy (non-hydrogen) atoms. The molecule has 1 amide bonds. The van der Waals surface area contributed by atoms with Crippen molar-refractivity contribution in [1.82, 2.24) is 19.4 Å². The average Bonchev–Trinajstić information content (AvgIpc) is 3.54. The van der Waals surface area contributed by atoms with Crippen molar-refractivity contribution in [3.05, 3.63) is 130 Å². The minimum atomic E-state index is -0.0539.